The molecule has 0 aliphatic carbocycles. The van der Waals surface area contributed by atoms with E-state index in [0.717, 1.165) is 25.9 Å². The Morgan fingerprint density at radius 1 is 1.39 bits per heavy atom. The van der Waals surface area contributed by atoms with Crippen LogP contribution in [0.4, 0.5) is 0 Å². The van der Waals surface area contributed by atoms with Gasteiger partial charge in [-0.25, -0.2) is 0 Å². The first-order valence-corrected chi connectivity index (χ1v) is 6.72. The number of likely N-dealkylation sites (N-methyl/N-ethyl adjacent to an activating group) is 1. The van der Waals surface area contributed by atoms with Gasteiger partial charge < -0.3 is 15.1 Å². The van der Waals surface area contributed by atoms with Crippen molar-refractivity contribution >= 4 is 11.8 Å². The van der Waals surface area contributed by atoms with Crippen LogP contribution in [-0.2, 0) is 9.59 Å². The van der Waals surface area contributed by atoms with Gasteiger partial charge in [0.25, 0.3) is 0 Å². The van der Waals surface area contributed by atoms with Crippen molar-refractivity contribution < 1.29 is 9.59 Å². The Kier molecular flexibility index (Phi) is 3.61. The number of carbonyl (C=O) groups is 2. The summed E-state index contributed by atoms with van der Waals surface area (Å²) in [5.74, 6) is 0.203. The zero-order valence-electron chi connectivity index (χ0n) is 11.5. The van der Waals surface area contributed by atoms with Crippen LogP contribution in [0.3, 0.4) is 0 Å². The van der Waals surface area contributed by atoms with Crippen LogP contribution in [0, 0.1) is 5.92 Å². The molecule has 0 aromatic carbocycles. The number of piperazine rings is 1. The third kappa shape index (κ3) is 2.23. The molecule has 1 N–H and O–H groups in total. The molecule has 0 aromatic rings. The normalized spacial score (nSPS) is 28.4. The zero-order chi connectivity index (χ0) is 13.3. The van der Waals surface area contributed by atoms with Crippen LogP contribution in [0.1, 0.15) is 26.7 Å². The van der Waals surface area contributed by atoms with Gasteiger partial charge in [0.2, 0.25) is 11.8 Å². The molecule has 2 aliphatic heterocycles. The maximum absolute atomic E-state index is 12.5. The highest BCUT2D eigenvalue weighted by atomic mass is 16.2. The maximum atomic E-state index is 12.5. The van der Waals surface area contributed by atoms with Crippen molar-refractivity contribution in [3.8, 4) is 0 Å². The molecule has 0 unspecified atom stereocenters. The van der Waals surface area contributed by atoms with Crippen LogP contribution in [-0.4, -0.2) is 60.4 Å². The van der Waals surface area contributed by atoms with Crippen molar-refractivity contribution in [3.05, 3.63) is 0 Å². The summed E-state index contributed by atoms with van der Waals surface area (Å²) in [4.78, 5) is 28.2. The van der Waals surface area contributed by atoms with E-state index in [1.807, 2.05) is 13.8 Å². The molecule has 2 rings (SSSR count). The van der Waals surface area contributed by atoms with Crippen molar-refractivity contribution in [2.45, 2.75) is 32.2 Å². The SMILES string of the molecule is CN1CCN(C(=O)[C@@H]2CCCNC2)C(C)(C)C1=O. The first-order chi connectivity index (χ1) is 8.44. The van der Waals surface area contributed by atoms with Gasteiger partial charge in [-0.3, -0.25) is 9.59 Å². The van der Waals surface area contributed by atoms with Crippen LogP contribution < -0.4 is 5.32 Å². The number of nitrogens with zero attached hydrogens (tertiary/aromatic N) is 2. The van der Waals surface area contributed by atoms with E-state index in [0.29, 0.717) is 13.1 Å². The fourth-order valence-corrected chi connectivity index (χ4v) is 2.88. The average molecular weight is 253 g/mol. The van der Waals surface area contributed by atoms with E-state index in [1.165, 1.54) is 0 Å². The molecule has 0 spiro atoms. The van der Waals surface area contributed by atoms with Crippen LogP contribution in [0.5, 0.6) is 0 Å². The van der Waals surface area contributed by atoms with E-state index < -0.39 is 5.54 Å². The maximum Gasteiger partial charge on any atom is 0.247 e. The molecule has 2 fully saturated rings. The Bertz CT molecular complexity index is 348. The summed E-state index contributed by atoms with van der Waals surface area (Å²) in [6.07, 6.45) is 1.97. The summed E-state index contributed by atoms with van der Waals surface area (Å²) in [7, 11) is 1.80. The second-order valence-corrected chi connectivity index (χ2v) is 5.82. The molecule has 2 amide bonds. The summed E-state index contributed by atoms with van der Waals surface area (Å²) in [6, 6.07) is 0. The quantitative estimate of drug-likeness (QED) is 0.719. The first kappa shape index (κ1) is 13.3. The van der Waals surface area contributed by atoms with Crippen molar-refractivity contribution in [1.29, 1.82) is 0 Å². The Balaban J connectivity index is 2.11. The molecule has 0 bridgehead atoms. The van der Waals surface area contributed by atoms with Gasteiger partial charge in [-0.15, -0.1) is 0 Å². The topological polar surface area (TPSA) is 52.6 Å². The summed E-state index contributed by atoms with van der Waals surface area (Å²) in [5.41, 5.74) is -0.707. The Morgan fingerprint density at radius 2 is 2.11 bits per heavy atom. The highest BCUT2D eigenvalue weighted by molar-refractivity contribution is 5.92. The molecule has 0 saturated carbocycles. The van der Waals surface area contributed by atoms with Crippen molar-refractivity contribution in [2.24, 2.45) is 5.92 Å². The fourth-order valence-electron chi connectivity index (χ4n) is 2.88. The number of hydrogen-bond donors (Lipinski definition) is 1. The molecule has 102 valence electrons. The van der Waals surface area contributed by atoms with E-state index in [2.05, 4.69) is 5.32 Å². The molecular weight excluding hydrogens is 230 g/mol. The number of hydrogen-bond acceptors (Lipinski definition) is 3. The lowest BCUT2D eigenvalue weighted by molar-refractivity contribution is -0.159. The summed E-state index contributed by atoms with van der Waals surface area (Å²) >= 11 is 0. The Hall–Kier alpha value is -1.10. The van der Waals surface area contributed by atoms with Gasteiger partial charge in [-0.1, -0.05) is 0 Å². The minimum Gasteiger partial charge on any atom is -0.342 e. The lowest BCUT2D eigenvalue weighted by atomic mass is 9.92. The molecule has 18 heavy (non-hydrogen) atoms. The van der Waals surface area contributed by atoms with E-state index in [-0.39, 0.29) is 17.7 Å². The average Bonchev–Trinajstić information content (AvgIpc) is 2.36. The number of amides is 2. The second-order valence-electron chi connectivity index (χ2n) is 5.82. The minimum absolute atomic E-state index is 0.0332. The highest BCUT2D eigenvalue weighted by Crippen LogP contribution is 2.25. The van der Waals surface area contributed by atoms with Crippen LogP contribution >= 0.6 is 0 Å². The van der Waals surface area contributed by atoms with E-state index in [1.54, 1.807) is 16.8 Å². The van der Waals surface area contributed by atoms with Gasteiger partial charge in [-0.2, -0.15) is 0 Å². The zero-order valence-corrected chi connectivity index (χ0v) is 11.5. The molecular formula is C13H23N3O2. The largest absolute Gasteiger partial charge is 0.342 e. The van der Waals surface area contributed by atoms with Crippen molar-refractivity contribution in [3.63, 3.8) is 0 Å². The molecule has 2 aliphatic rings. The summed E-state index contributed by atoms with van der Waals surface area (Å²) < 4.78 is 0. The number of piperidine rings is 1. The molecule has 0 radical (unpaired) electrons. The second kappa shape index (κ2) is 4.88. The lowest BCUT2D eigenvalue weighted by Crippen LogP contribution is -2.65. The van der Waals surface area contributed by atoms with Gasteiger partial charge >= 0.3 is 0 Å². The minimum atomic E-state index is -0.707. The van der Waals surface area contributed by atoms with Crippen molar-refractivity contribution in [2.75, 3.05) is 33.2 Å². The van der Waals surface area contributed by atoms with E-state index in [4.69, 9.17) is 0 Å². The Morgan fingerprint density at radius 3 is 2.72 bits per heavy atom. The smallest absolute Gasteiger partial charge is 0.247 e. The summed E-state index contributed by atoms with van der Waals surface area (Å²) in [5, 5.41) is 3.26. The van der Waals surface area contributed by atoms with Gasteiger partial charge in [0.1, 0.15) is 5.54 Å². The van der Waals surface area contributed by atoms with Gasteiger partial charge in [-0.05, 0) is 33.2 Å². The van der Waals surface area contributed by atoms with Gasteiger partial charge in [0, 0.05) is 26.7 Å². The molecule has 1 atom stereocenters. The molecule has 5 heteroatoms. The highest BCUT2D eigenvalue weighted by Gasteiger charge is 2.44. The van der Waals surface area contributed by atoms with Crippen molar-refractivity contribution in [1.82, 2.24) is 15.1 Å². The Labute approximate surface area is 108 Å². The van der Waals surface area contributed by atoms with E-state index in [9.17, 15) is 9.59 Å². The fraction of sp³-hybridized carbons (Fsp3) is 0.846. The molecule has 2 saturated heterocycles. The van der Waals surface area contributed by atoms with E-state index >= 15 is 0 Å². The standard InChI is InChI=1S/C13H23N3O2/c1-13(2)12(18)15(3)7-8-16(13)11(17)10-5-4-6-14-9-10/h10,14H,4-9H2,1-3H3/t10-/m1/s1. The molecule has 5 nitrogen and oxygen atoms in total. The number of nitrogens with one attached hydrogen (secondary N) is 1. The lowest BCUT2D eigenvalue weighted by Gasteiger charge is -2.46. The molecule has 0 aromatic heterocycles. The monoisotopic (exact) mass is 253 g/mol. The van der Waals surface area contributed by atoms with Crippen LogP contribution in [0.25, 0.3) is 0 Å². The van der Waals surface area contributed by atoms with Gasteiger partial charge in [0.15, 0.2) is 0 Å². The molecule has 2 heterocycles. The van der Waals surface area contributed by atoms with Crippen LogP contribution in [0.15, 0.2) is 0 Å². The predicted octanol–water partition coefficient (Wildman–Crippen LogP) is 0.0652. The van der Waals surface area contributed by atoms with Crippen LogP contribution in [0.2, 0.25) is 0 Å². The number of rotatable bonds is 1. The summed E-state index contributed by atoms with van der Waals surface area (Å²) in [6.45, 7) is 6.71. The third-order valence-electron chi connectivity index (χ3n) is 4.12. The van der Waals surface area contributed by atoms with Gasteiger partial charge in [0.05, 0.1) is 5.92 Å². The first-order valence-electron chi connectivity index (χ1n) is 6.72. The number of carbonyl (C=O) groups excluding carboxylic acids is 2. The predicted molar refractivity (Wildman–Crippen MR) is 69.0 cm³/mol. The third-order valence-corrected chi connectivity index (χ3v) is 4.12.